The molecule has 1 amide bonds. The van der Waals surface area contributed by atoms with E-state index in [2.05, 4.69) is 5.32 Å². The lowest BCUT2D eigenvalue weighted by Gasteiger charge is -2.11. The van der Waals surface area contributed by atoms with Gasteiger partial charge in [-0.3, -0.25) is 4.79 Å². The number of anilines is 1. The van der Waals surface area contributed by atoms with Crippen LogP contribution in [0.25, 0.3) is 0 Å². The number of hydrogen-bond donors (Lipinski definition) is 3. The Balaban J connectivity index is 1.73. The maximum Gasteiger partial charge on any atom is 0.336 e. The summed E-state index contributed by atoms with van der Waals surface area (Å²) < 4.78 is 11.1. The summed E-state index contributed by atoms with van der Waals surface area (Å²) in [6.07, 6.45) is 0. The molecular weight excluding hydrogens is 402 g/mol. The van der Waals surface area contributed by atoms with Crippen LogP contribution in [0.5, 0.6) is 17.2 Å². The van der Waals surface area contributed by atoms with Crippen molar-refractivity contribution in [2.24, 2.45) is 0 Å². The van der Waals surface area contributed by atoms with Gasteiger partial charge in [0.15, 0.2) is 0 Å². The Bertz CT molecular complexity index is 1120. The zero-order valence-electron chi connectivity index (χ0n) is 16.5. The van der Waals surface area contributed by atoms with Crippen molar-refractivity contribution >= 4 is 23.5 Å². The lowest BCUT2D eigenvalue weighted by molar-refractivity contribution is 0.0651. The average Bonchev–Trinajstić information content (AvgIpc) is 2.75. The Labute approximate surface area is 177 Å². The largest absolute Gasteiger partial charge is 0.493 e. The van der Waals surface area contributed by atoms with Crippen molar-refractivity contribution in [2.75, 3.05) is 11.9 Å². The van der Waals surface area contributed by atoms with Crippen molar-refractivity contribution in [1.29, 1.82) is 0 Å². The zero-order chi connectivity index (χ0) is 22.4. The first kappa shape index (κ1) is 21.4. The monoisotopic (exact) mass is 421 g/mol. The number of para-hydroxylation sites is 1. The Morgan fingerprint density at radius 1 is 0.806 bits per heavy atom. The molecule has 3 N–H and O–H groups in total. The van der Waals surface area contributed by atoms with E-state index in [0.29, 0.717) is 29.4 Å². The highest BCUT2D eigenvalue weighted by Gasteiger charge is 2.17. The Hall–Kier alpha value is -4.33. The summed E-state index contributed by atoms with van der Waals surface area (Å²) in [5.74, 6) is -1.99. The SMILES string of the molecule is CCOc1ccccc1C(=O)Nc1ccc(Oc2ccc(C(=O)O)c(C(=O)O)c2)cc1. The molecule has 0 aliphatic heterocycles. The van der Waals surface area contributed by atoms with Crippen LogP contribution >= 0.6 is 0 Å². The Morgan fingerprint density at radius 2 is 1.45 bits per heavy atom. The van der Waals surface area contributed by atoms with Gasteiger partial charge in [-0.2, -0.15) is 0 Å². The van der Waals surface area contributed by atoms with Gasteiger partial charge in [0.05, 0.1) is 23.3 Å². The first-order chi connectivity index (χ1) is 14.9. The highest BCUT2D eigenvalue weighted by Crippen LogP contribution is 2.26. The van der Waals surface area contributed by atoms with Gasteiger partial charge in [-0.1, -0.05) is 12.1 Å². The molecule has 0 radical (unpaired) electrons. The molecule has 0 aliphatic carbocycles. The molecule has 8 heteroatoms. The second-order valence-corrected chi connectivity index (χ2v) is 6.33. The molecular formula is C23H19NO7. The van der Waals surface area contributed by atoms with Gasteiger partial charge in [0, 0.05) is 5.69 Å². The number of carboxylic acids is 2. The number of ether oxygens (including phenoxy) is 2. The van der Waals surface area contributed by atoms with Crippen LogP contribution in [-0.2, 0) is 0 Å². The van der Waals surface area contributed by atoms with Crippen LogP contribution in [0.1, 0.15) is 38.0 Å². The Kier molecular flexibility index (Phi) is 6.51. The maximum absolute atomic E-state index is 12.5. The fraction of sp³-hybridized carbons (Fsp3) is 0.0870. The minimum atomic E-state index is -1.37. The first-order valence-corrected chi connectivity index (χ1v) is 9.30. The van der Waals surface area contributed by atoms with Crippen molar-refractivity contribution in [3.63, 3.8) is 0 Å². The van der Waals surface area contributed by atoms with Crippen LogP contribution in [-0.4, -0.2) is 34.7 Å². The predicted octanol–water partition coefficient (Wildman–Crippen LogP) is 4.53. The fourth-order valence-corrected chi connectivity index (χ4v) is 2.83. The van der Waals surface area contributed by atoms with Gasteiger partial charge in [-0.15, -0.1) is 0 Å². The number of nitrogens with one attached hydrogen (secondary N) is 1. The number of hydrogen-bond acceptors (Lipinski definition) is 5. The summed E-state index contributed by atoms with van der Waals surface area (Å²) in [6.45, 7) is 2.27. The van der Waals surface area contributed by atoms with Gasteiger partial charge < -0.3 is 25.0 Å². The summed E-state index contributed by atoms with van der Waals surface area (Å²) in [6, 6.07) is 17.0. The number of amides is 1. The lowest BCUT2D eigenvalue weighted by atomic mass is 10.1. The third-order valence-electron chi connectivity index (χ3n) is 4.23. The fourth-order valence-electron chi connectivity index (χ4n) is 2.83. The molecule has 0 saturated carbocycles. The quantitative estimate of drug-likeness (QED) is 0.488. The lowest BCUT2D eigenvalue weighted by Crippen LogP contribution is -2.13. The van der Waals surface area contributed by atoms with Gasteiger partial charge in [-0.25, -0.2) is 9.59 Å². The van der Waals surface area contributed by atoms with Crippen LogP contribution < -0.4 is 14.8 Å². The number of carbonyl (C=O) groups is 3. The van der Waals surface area contributed by atoms with E-state index in [9.17, 15) is 19.5 Å². The molecule has 31 heavy (non-hydrogen) atoms. The van der Waals surface area contributed by atoms with Crippen molar-refractivity contribution in [3.8, 4) is 17.2 Å². The first-order valence-electron chi connectivity index (χ1n) is 9.30. The highest BCUT2D eigenvalue weighted by atomic mass is 16.5. The van der Waals surface area contributed by atoms with Gasteiger partial charge >= 0.3 is 11.9 Å². The smallest absolute Gasteiger partial charge is 0.336 e. The molecule has 0 aromatic heterocycles. The molecule has 0 aliphatic rings. The highest BCUT2D eigenvalue weighted by molar-refractivity contribution is 6.06. The standard InChI is InChI=1S/C23H19NO7/c1-2-30-20-6-4-3-5-18(20)21(25)24-14-7-9-15(10-8-14)31-16-11-12-17(22(26)27)19(13-16)23(28)29/h3-13H,2H2,1H3,(H,24,25)(H,26,27)(H,28,29). The van der Waals surface area contributed by atoms with E-state index in [4.69, 9.17) is 14.6 Å². The second-order valence-electron chi connectivity index (χ2n) is 6.33. The van der Waals surface area contributed by atoms with Crippen LogP contribution in [0.15, 0.2) is 66.7 Å². The molecule has 8 nitrogen and oxygen atoms in total. The van der Waals surface area contributed by atoms with Gasteiger partial charge in [0.2, 0.25) is 0 Å². The number of rotatable bonds is 8. The summed E-state index contributed by atoms with van der Waals surface area (Å²) in [5.41, 5.74) is 0.229. The average molecular weight is 421 g/mol. The topological polar surface area (TPSA) is 122 Å². The van der Waals surface area contributed by atoms with E-state index in [1.807, 2.05) is 6.92 Å². The van der Waals surface area contributed by atoms with Crippen molar-refractivity contribution in [2.45, 2.75) is 6.92 Å². The summed E-state index contributed by atoms with van der Waals surface area (Å²) >= 11 is 0. The molecule has 0 heterocycles. The number of carbonyl (C=O) groups excluding carboxylic acids is 1. The van der Waals surface area contributed by atoms with Crippen molar-refractivity contribution < 1.29 is 34.1 Å². The number of carboxylic acid groups (broad SMARTS) is 2. The van der Waals surface area contributed by atoms with E-state index in [1.165, 1.54) is 12.1 Å². The molecule has 0 atom stereocenters. The van der Waals surface area contributed by atoms with E-state index in [0.717, 1.165) is 6.07 Å². The molecule has 3 rings (SSSR count). The normalized spacial score (nSPS) is 10.2. The predicted molar refractivity (Wildman–Crippen MR) is 112 cm³/mol. The van der Waals surface area contributed by atoms with Gasteiger partial charge in [0.1, 0.15) is 17.2 Å². The molecule has 0 bridgehead atoms. The molecule has 0 spiro atoms. The molecule has 0 fully saturated rings. The third-order valence-corrected chi connectivity index (χ3v) is 4.23. The van der Waals surface area contributed by atoms with Crippen molar-refractivity contribution in [3.05, 3.63) is 83.4 Å². The summed E-state index contributed by atoms with van der Waals surface area (Å²) in [7, 11) is 0. The van der Waals surface area contributed by atoms with E-state index in [-0.39, 0.29) is 22.8 Å². The molecule has 0 saturated heterocycles. The van der Waals surface area contributed by atoms with Gasteiger partial charge in [-0.05, 0) is 61.5 Å². The van der Waals surface area contributed by atoms with Crippen LogP contribution in [0.4, 0.5) is 5.69 Å². The number of benzene rings is 3. The van der Waals surface area contributed by atoms with Crippen molar-refractivity contribution in [1.82, 2.24) is 0 Å². The minimum absolute atomic E-state index is 0.171. The van der Waals surface area contributed by atoms with E-state index < -0.39 is 11.9 Å². The van der Waals surface area contributed by atoms with Crippen LogP contribution in [0.3, 0.4) is 0 Å². The molecule has 3 aromatic carbocycles. The molecule has 3 aromatic rings. The molecule has 158 valence electrons. The van der Waals surface area contributed by atoms with E-state index >= 15 is 0 Å². The van der Waals surface area contributed by atoms with Crippen LogP contribution in [0, 0.1) is 0 Å². The second kappa shape index (κ2) is 9.45. The maximum atomic E-state index is 12.5. The number of aromatic carboxylic acids is 2. The Morgan fingerprint density at radius 3 is 2.10 bits per heavy atom. The van der Waals surface area contributed by atoms with E-state index in [1.54, 1.807) is 48.5 Å². The summed E-state index contributed by atoms with van der Waals surface area (Å²) in [4.78, 5) is 35.0. The molecule has 0 unspecified atom stereocenters. The summed E-state index contributed by atoms with van der Waals surface area (Å²) in [5, 5.41) is 21.1. The van der Waals surface area contributed by atoms with Gasteiger partial charge in [0.25, 0.3) is 5.91 Å². The minimum Gasteiger partial charge on any atom is -0.493 e. The zero-order valence-corrected chi connectivity index (χ0v) is 16.5. The van der Waals surface area contributed by atoms with Crippen LogP contribution in [0.2, 0.25) is 0 Å². The third kappa shape index (κ3) is 5.18.